The molecule has 1 aliphatic heterocycles. The highest BCUT2D eigenvalue weighted by Gasteiger charge is 2.44. The van der Waals surface area contributed by atoms with Crippen LogP contribution in [0.5, 0.6) is 5.75 Å². The molecule has 50 heavy (non-hydrogen) atoms. The zero-order valence-corrected chi connectivity index (χ0v) is 26.5. The maximum atomic E-state index is 15.1. The van der Waals surface area contributed by atoms with Crippen molar-refractivity contribution in [1.29, 1.82) is 0 Å². The van der Waals surface area contributed by atoms with Gasteiger partial charge in [0.05, 0.1) is 38.9 Å². The molecule has 0 saturated carbocycles. The quantitative estimate of drug-likeness (QED) is 0.193. The number of carbonyl (C=O) groups is 2. The topological polar surface area (TPSA) is 80.4 Å². The molecule has 9 aromatic rings. The number of carbonyl (C=O) groups excluding carboxylic acids is 2. The standard InChI is InChI=1S/C43H26N4O3/c48-29-24-22-26(23-25-29)32-18-11-21-35(44-32)47-42(49)38-39(43(47)50)41-37(31-17-8-10-20-34(31)46(41)28-14-5-2-6-15-28)36-30-16-7-9-19-33(30)45(40(36)38)27-12-3-1-4-13-27/h1-25,48H. The summed E-state index contributed by atoms with van der Waals surface area (Å²) in [7, 11) is 0. The molecule has 0 fully saturated rings. The number of pyridine rings is 1. The van der Waals surface area contributed by atoms with E-state index in [0.717, 1.165) is 49.5 Å². The first-order valence-corrected chi connectivity index (χ1v) is 16.4. The first kappa shape index (κ1) is 28.1. The van der Waals surface area contributed by atoms with Gasteiger partial charge in [-0.3, -0.25) is 9.59 Å². The number of hydrogen-bond acceptors (Lipinski definition) is 4. The SMILES string of the molecule is O=C1c2c(c3c(c4ccccc4n3-c3ccccc3)c3c4ccccc4n(-c4ccccc4)c23)C(=O)N1c1cccc(-c2ccc(O)cc2)n1. The molecule has 3 aromatic heterocycles. The fraction of sp³-hybridized carbons (Fsp3) is 0. The highest BCUT2D eigenvalue weighted by molar-refractivity contribution is 6.45. The Balaban J connectivity index is 1.38. The number of aromatic nitrogens is 3. The Morgan fingerprint density at radius 3 is 1.48 bits per heavy atom. The molecule has 0 unspecified atom stereocenters. The lowest BCUT2D eigenvalue weighted by Gasteiger charge is -2.14. The summed E-state index contributed by atoms with van der Waals surface area (Å²) < 4.78 is 4.24. The predicted molar refractivity (Wildman–Crippen MR) is 198 cm³/mol. The van der Waals surface area contributed by atoms with Crippen LogP contribution in [0.4, 0.5) is 5.82 Å². The molecule has 10 rings (SSSR count). The molecular formula is C43H26N4O3. The van der Waals surface area contributed by atoms with E-state index >= 15 is 9.59 Å². The van der Waals surface area contributed by atoms with E-state index in [2.05, 4.69) is 33.4 Å². The molecule has 0 saturated heterocycles. The molecule has 0 atom stereocenters. The Morgan fingerprint density at radius 1 is 0.480 bits per heavy atom. The Bertz CT molecular complexity index is 2700. The zero-order chi connectivity index (χ0) is 33.5. The van der Waals surface area contributed by atoms with Crippen LogP contribution in [0.2, 0.25) is 0 Å². The number of anilines is 1. The number of benzene rings is 6. The lowest BCUT2D eigenvalue weighted by Crippen LogP contribution is -2.30. The van der Waals surface area contributed by atoms with Gasteiger partial charge in [0.1, 0.15) is 11.6 Å². The number of aromatic hydroxyl groups is 1. The summed E-state index contributed by atoms with van der Waals surface area (Å²) in [6.45, 7) is 0. The molecule has 1 N–H and O–H groups in total. The van der Waals surface area contributed by atoms with Crippen LogP contribution in [0.25, 0.3) is 66.2 Å². The molecule has 0 spiro atoms. The van der Waals surface area contributed by atoms with Crippen LogP contribution in [0.15, 0.2) is 152 Å². The average Bonchev–Trinajstić information content (AvgIpc) is 3.77. The van der Waals surface area contributed by atoms with Crippen molar-refractivity contribution in [2.24, 2.45) is 0 Å². The molecule has 0 bridgehead atoms. The van der Waals surface area contributed by atoms with E-state index in [0.29, 0.717) is 27.9 Å². The second-order valence-corrected chi connectivity index (χ2v) is 12.4. The van der Waals surface area contributed by atoms with Crippen molar-refractivity contribution in [1.82, 2.24) is 14.1 Å². The number of imide groups is 1. The average molecular weight is 647 g/mol. The minimum Gasteiger partial charge on any atom is -0.508 e. The monoisotopic (exact) mass is 646 g/mol. The lowest BCUT2D eigenvalue weighted by molar-refractivity contribution is 0.0926. The summed E-state index contributed by atoms with van der Waals surface area (Å²) in [5, 5.41) is 13.7. The van der Waals surface area contributed by atoms with Crippen LogP contribution < -0.4 is 4.90 Å². The molecule has 2 amide bonds. The minimum atomic E-state index is -0.433. The number of phenols is 1. The van der Waals surface area contributed by atoms with E-state index in [1.807, 2.05) is 91.0 Å². The Hall–Kier alpha value is -6.99. The summed E-state index contributed by atoms with van der Waals surface area (Å²) in [5.74, 6) is -0.497. The molecule has 4 heterocycles. The minimum absolute atomic E-state index is 0.140. The molecule has 7 heteroatoms. The molecule has 0 radical (unpaired) electrons. The molecule has 6 aromatic carbocycles. The fourth-order valence-electron chi connectivity index (χ4n) is 7.67. The number of nitrogens with zero attached hydrogens (tertiary/aromatic N) is 4. The van der Waals surface area contributed by atoms with Crippen molar-refractivity contribution in [2.75, 3.05) is 4.90 Å². The maximum Gasteiger partial charge on any atom is 0.269 e. The van der Waals surface area contributed by atoms with E-state index < -0.39 is 11.8 Å². The van der Waals surface area contributed by atoms with Crippen LogP contribution in [-0.4, -0.2) is 31.0 Å². The number of amides is 2. The van der Waals surface area contributed by atoms with Crippen molar-refractivity contribution in [2.45, 2.75) is 0 Å². The van der Waals surface area contributed by atoms with Gasteiger partial charge >= 0.3 is 0 Å². The number of rotatable bonds is 4. The van der Waals surface area contributed by atoms with Gasteiger partial charge in [0.25, 0.3) is 11.8 Å². The van der Waals surface area contributed by atoms with Crippen molar-refractivity contribution >= 4 is 61.2 Å². The Labute approximate surface area is 285 Å². The summed E-state index contributed by atoms with van der Waals surface area (Å²) in [6.07, 6.45) is 0. The van der Waals surface area contributed by atoms with Gasteiger partial charge in [-0.05, 0) is 72.8 Å². The second kappa shape index (κ2) is 10.5. The van der Waals surface area contributed by atoms with Crippen LogP contribution >= 0.6 is 0 Å². The fourth-order valence-corrected chi connectivity index (χ4v) is 7.67. The van der Waals surface area contributed by atoms with E-state index in [1.54, 1.807) is 36.4 Å². The third-order valence-corrected chi connectivity index (χ3v) is 9.71. The Morgan fingerprint density at radius 2 is 0.960 bits per heavy atom. The second-order valence-electron chi connectivity index (χ2n) is 12.4. The number of fused-ring (bicyclic) bond motifs is 10. The maximum absolute atomic E-state index is 15.1. The first-order valence-electron chi connectivity index (χ1n) is 16.4. The zero-order valence-electron chi connectivity index (χ0n) is 26.5. The van der Waals surface area contributed by atoms with Crippen LogP contribution in [0.1, 0.15) is 20.7 Å². The van der Waals surface area contributed by atoms with Crippen LogP contribution in [-0.2, 0) is 0 Å². The van der Waals surface area contributed by atoms with E-state index in [4.69, 9.17) is 4.98 Å². The van der Waals surface area contributed by atoms with E-state index in [-0.39, 0.29) is 11.6 Å². The third kappa shape index (κ3) is 3.82. The van der Waals surface area contributed by atoms with Crippen molar-refractivity contribution in [3.63, 3.8) is 0 Å². The normalized spacial score (nSPS) is 12.9. The van der Waals surface area contributed by atoms with Crippen LogP contribution in [0, 0.1) is 0 Å². The summed E-state index contributed by atoms with van der Waals surface area (Å²) in [5.41, 5.74) is 7.03. The summed E-state index contributed by atoms with van der Waals surface area (Å²) in [6, 6.07) is 48.3. The molecule has 7 nitrogen and oxygen atoms in total. The number of phenolic OH excluding ortho intramolecular Hbond substituents is 1. The highest BCUT2D eigenvalue weighted by atomic mass is 16.3. The largest absolute Gasteiger partial charge is 0.508 e. The summed E-state index contributed by atoms with van der Waals surface area (Å²) >= 11 is 0. The van der Waals surface area contributed by atoms with E-state index in [1.165, 1.54) is 4.90 Å². The lowest BCUT2D eigenvalue weighted by atomic mass is 9.98. The smallest absolute Gasteiger partial charge is 0.269 e. The van der Waals surface area contributed by atoms with Crippen molar-refractivity contribution in [3.05, 3.63) is 163 Å². The number of hydrogen-bond donors (Lipinski definition) is 1. The predicted octanol–water partition coefficient (Wildman–Crippen LogP) is 9.45. The molecule has 236 valence electrons. The van der Waals surface area contributed by atoms with E-state index in [9.17, 15) is 5.11 Å². The highest BCUT2D eigenvalue weighted by Crippen LogP contribution is 2.48. The van der Waals surface area contributed by atoms with Crippen molar-refractivity contribution < 1.29 is 14.7 Å². The van der Waals surface area contributed by atoms with Gasteiger partial charge in [-0.2, -0.15) is 0 Å². The number of para-hydroxylation sites is 4. The molecule has 0 aliphatic carbocycles. The van der Waals surface area contributed by atoms with Gasteiger partial charge in [0.15, 0.2) is 0 Å². The van der Waals surface area contributed by atoms with Crippen LogP contribution in [0.3, 0.4) is 0 Å². The first-order chi connectivity index (χ1) is 24.6. The van der Waals surface area contributed by atoms with Gasteiger partial charge < -0.3 is 14.2 Å². The van der Waals surface area contributed by atoms with Gasteiger partial charge in [-0.15, -0.1) is 0 Å². The van der Waals surface area contributed by atoms with Gasteiger partial charge in [-0.1, -0.05) is 78.9 Å². The Kier molecular flexibility index (Phi) is 5.90. The summed E-state index contributed by atoms with van der Waals surface area (Å²) in [4.78, 5) is 36.2. The van der Waals surface area contributed by atoms with Gasteiger partial charge in [-0.25, -0.2) is 9.88 Å². The van der Waals surface area contributed by atoms with Gasteiger partial charge in [0, 0.05) is 38.5 Å². The van der Waals surface area contributed by atoms with Gasteiger partial charge in [0.2, 0.25) is 0 Å². The molecular weight excluding hydrogens is 620 g/mol. The molecule has 1 aliphatic rings. The third-order valence-electron chi connectivity index (χ3n) is 9.71. The van der Waals surface area contributed by atoms with Crippen molar-refractivity contribution in [3.8, 4) is 28.4 Å².